The second-order valence-electron chi connectivity index (χ2n) is 26.8. The zero-order chi connectivity index (χ0) is 56.0. The van der Waals surface area contributed by atoms with Gasteiger partial charge in [0.15, 0.2) is 0 Å². The van der Waals surface area contributed by atoms with Crippen molar-refractivity contribution in [3.05, 3.63) is 216 Å². The zero-order valence-corrected chi connectivity index (χ0v) is 49.1. The van der Waals surface area contributed by atoms with Crippen molar-refractivity contribution < 1.29 is 8.83 Å². The molecule has 406 valence electrons. The molecule has 0 N–H and O–H groups in total. The molecule has 9 aromatic carbocycles. The van der Waals surface area contributed by atoms with Crippen LogP contribution >= 0.6 is 0 Å². The average Bonchev–Trinajstić information content (AvgIpc) is 3.29. The standard InChI is InChI=1S/C76H72BN3O2/c1-10-11-23-48-32-37-63(56(42-48)49-24-15-12-16-25-49)79-65-46-57-54-30-21-22-31-66(54)81-71(57)68-55-35-33-52(78(50-26-17-13-18-27-50)51-28-19-14-20-29-51)44-64(55)80(53-34-36-59-60(43-53)74(4,5)39-38-73(59,2)3)77(69(65)68)72-70(79)58-45-61-62(47-67(58)82-72)76(8,9)41-40-75(61,6)7/h12-22,24-37,42-47H,10-11,23,38-41H2,1-9H3. The van der Waals surface area contributed by atoms with E-state index in [-0.39, 0.29) is 21.7 Å². The third-order valence-electron chi connectivity index (χ3n) is 19.7. The maximum Gasteiger partial charge on any atom is 0.376 e. The monoisotopic (exact) mass is 1070 g/mol. The summed E-state index contributed by atoms with van der Waals surface area (Å²) in [5, 5.41) is 3.35. The van der Waals surface area contributed by atoms with Gasteiger partial charge in [-0.15, -0.1) is 0 Å². The molecule has 2 aliphatic carbocycles. The minimum Gasteiger partial charge on any atom is -0.466 e. The van der Waals surface area contributed by atoms with Crippen molar-refractivity contribution in [2.24, 2.45) is 0 Å². The summed E-state index contributed by atoms with van der Waals surface area (Å²) in [6.45, 7) is 21.4. The number of para-hydroxylation sites is 3. The van der Waals surface area contributed by atoms with Crippen LogP contribution in [0.2, 0.25) is 0 Å². The summed E-state index contributed by atoms with van der Waals surface area (Å²) in [5.74, 6) is 0. The number of hydrogen-bond acceptors (Lipinski definition) is 5. The first-order chi connectivity index (χ1) is 39.6. The maximum absolute atomic E-state index is 7.96. The van der Waals surface area contributed by atoms with E-state index in [1.165, 1.54) is 44.4 Å². The molecule has 4 heterocycles. The molecule has 82 heavy (non-hydrogen) atoms. The van der Waals surface area contributed by atoms with Crippen LogP contribution in [0.1, 0.15) is 129 Å². The number of fused-ring (bicyclic) bond motifs is 12. The van der Waals surface area contributed by atoms with Gasteiger partial charge in [-0.25, -0.2) is 0 Å². The molecule has 0 atom stereocenters. The Balaban J connectivity index is 1.12. The van der Waals surface area contributed by atoms with Gasteiger partial charge in [0.2, 0.25) is 0 Å². The van der Waals surface area contributed by atoms with Crippen LogP contribution in [0.4, 0.5) is 45.5 Å². The highest BCUT2D eigenvalue weighted by atomic mass is 16.3. The normalized spacial score (nSPS) is 16.9. The Labute approximate surface area is 484 Å². The molecule has 0 bridgehead atoms. The Hall–Kier alpha value is -8.22. The van der Waals surface area contributed by atoms with E-state index < -0.39 is 6.85 Å². The van der Waals surface area contributed by atoms with Gasteiger partial charge in [0.1, 0.15) is 22.4 Å². The molecule has 0 unspecified atom stereocenters. The fourth-order valence-electron chi connectivity index (χ4n) is 14.9. The number of nitrogens with zero attached hydrogens (tertiary/aromatic N) is 3. The summed E-state index contributed by atoms with van der Waals surface area (Å²) in [6.07, 6.45) is 7.77. The van der Waals surface area contributed by atoms with E-state index in [0.717, 1.165) is 140 Å². The molecule has 11 aromatic rings. The van der Waals surface area contributed by atoms with E-state index in [2.05, 4.69) is 265 Å². The number of aryl methyl sites for hydroxylation is 1. The van der Waals surface area contributed by atoms with Gasteiger partial charge >= 0.3 is 6.85 Å². The molecule has 0 fully saturated rings. The number of rotatable bonds is 9. The van der Waals surface area contributed by atoms with Gasteiger partial charge in [0.25, 0.3) is 0 Å². The molecule has 4 aliphatic rings. The third-order valence-corrected chi connectivity index (χ3v) is 19.7. The molecular formula is C76H72BN3O2. The van der Waals surface area contributed by atoms with Gasteiger partial charge in [-0.1, -0.05) is 172 Å². The summed E-state index contributed by atoms with van der Waals surface area (Å²) >= 11 is 0. The largest absolute Gasteiger partial charge is 0.466 e. The van der Waals surface area contributed by atoms with Crippen molar-refractivity contribution in [1.82, 2.24) is 0 Å². The first-order valence-corrected chi connectivity index (χ1v) is 30.2. The van der Waals surface area contributed by atoms with Crippen molar-refractivity contribution in [2.75, 3.05) is 14.6 Å². The predicted molar refractivity (Wildman–Crippen MR) is 347 cm³/mol. The van der Waals surface area contributed by atoms with Gasteiger partial charge in [0, 0.05) is 67.0 Å². The van der Waals surface area contributed by atoms with Crippen LogP contribution in [0, 0.1) is 0 Å². The molecule has 6 heteroatoms. The van der Waals surface area contributed by atoms with Gasteiger partial charge in [-0.2, -0.15) is 0 Å². The highest BCUT2D eigenvalue weighted by Crippen LogP contribution is 2.57. The number of anilines is 8. The Morgan fingerprint density at radius 3 is 1.78 bits per heavy atom. The van der Waals surface area contributed by atoms with Crippen LogP contribution in [0.15, 0.2) is 197 Å². The molecular weight excluding hydrogens is 998 g/mol. The fraction of sp³-hybridized carbons (Fsp3) is 0.263. The summed E-state index contributed by atoms with van der Waals surface area (Å²) in [4.78, 5) is 7.70. The highest BCUT2D eigenvalue weighted by Gasteiger charge is 2.51. The van der Waals surface area contributed by atoms with Crippen LogP contribution in [0.25, 0.3) is 55.2 Å². The van der Waals surface area contributed by atoms with E-state index in [1.807, 2.05) is 0 Å². The number of furan rings is 2. The van der Waals surface area contributed by atoms with Crippen molar-refractivity contribution in [1.29, 1.82) is 0 Å². The second-order valence-corrected chi connectivity index (χ2v) is 26.8. The van der Waals surface area contributed by atoms with Crippen molar-refractivity contribution in [3.8, 4) is 22.3 Å². The average molecular weight is 1070 g/mol. The lowest BCUT2D eigenvalue weighted by molar-refractivity contribution is 0.332. The van der Waals surface area contributed by atoms with Crippen LogP contribution in [0.5, 0.6) is 0 Å². The maximum atomic E-state index is 7.96. The third kappa shape index (κ3) is 7.72. The minimum atomic E-state index is -0.411. The molecule has 2 aromatic heterocycles. The van der Waals surface area contributed by atoms with Gasteiger partial charge in [-0.05, 0) is 184 Å². The quantitative estimate of drug-likeness (QED) is 0.135. The van der Waals surface area contributed by atoms with Gasteiger partial charge < -0.3 is 23.4 Å². The molecule has 15 rings (SSSR count). The van der Waals surface area contributed by atoms with Crippen LogP contribution < -0.4 is 25.7 Å². The first kappa shape index (κ1) is 50.7. The lowest BCUT2D eigenvalue weighted by Crippen LogP contribution is -2.61. The van der Waals surface area contributed by atoms with Gasteiger partial charge in [-0.3, -0.25) is 0 Å². The lowest BCUT2D eigenvalue weighted by Gasteiger charge is -2.46. The Kier molecular flexibility index (Phi) is 11.4. The minimum absolute atomic E-state index is 0.0260. The summed E-state index contributed by atoms with van der Waals surface area (Å²) in [5.41, 5.74) is 25.3. The molecule has 5 nitrogen and oxygen atoms in total. The van der Waals surface area contributed by atoms with E-state index in [0.29, 0.717) is 0 Å². The SMILES string of the molecule is CCCCc1ccc(N2c3cc4c(oc5ccccc54)c4c3B(c3oc5cc6c(cc5c32)C(C)(C)CCC6(C)C)N(c2ccc3c(c2)C(C)(C)CCC3(C)C)c2cc(N(c3ccccc3)c3ccccc3)ccc2-4)c(-c2ccccc2)c1. The van der Waals surface area contributed by atoms with Crippen molar-refractivity contribution in [3.63, 3.8) is 0 Å². The second kappa shape index (κ2) is 18.4. The molecule has 0 amide bonds. The zero-order valence-electron chi connectivity index (χ0n) is 49.1. The van der Waals surface area contributed by atoms with E-state index in [1.54, 1.807) is 0 Å². The predicted octanol–water partition coefficient (Wildman–Crippen LogP) is 20.2. The summed E-state index contributed by atoms with van der Waals surface area (Å²) in [6, 6.07) is 70.7. The topological polar surface area (TPSA) is 36.0 Å². The Morgan fingerprint density at radius 2 is 1.10 bits per heavy atom. The van der Waals surface area contributed by atoms with E-state index in [9.17, 15) is 0 Å². The fourth-order valence-corrected chi connectivity index (χ4v) is 14.9. The van der Waals surface area contributed by atoms with E-state index >= 15 is 0 Å². The van der Waals surface area contributed by atoms with E-state index in [4.69, 9.17) is 8.83 Å². The van der Waals surface area contributed by atoms with Crippen molar-refractivity contribution >= 4 is 96.4 Å². The van der Waals surface area contributed by atoms with Crippen LogP contribution in [-0.4, -0.2) is 6.85 Å². The highest BCUT2D eigenvalue weighted by molar-refractivity contribution is 6.93. The summed E-state index contributed by atoms with van der Waals surface area (Å²) in [7, 11) is 0. The summed E-state index contributed by atoms with van der Waals surface area (Å²) < 4.78 is 15.3. The Bertz CT molecular complexity index is 4320. The molecule has 0 radical (unpaired) electrons. The number of unbranched alkanes of at least 4 members (excludes halogenated alkanes) is 1. The smallest absolute Gasteiger partial charge is 0.376 e. The Morgan fingerprint density at radius 1 is 0.476 bits per heavy atom. The van der Waals surface area contributed by atoms with Crippen LogP contribution in [0.3, 0.4) is 0 Å². The van der Waals surface area contributed by atoms with Crippen LogP contribution in [-0.2, 0) is 28.1 Å². The van der Waals surface area contributed by atoms with Crippen molar-refractivity contribution in [2.45, 2.75) is 129 Å². The molecule has 2 aliphatic heterocycles. The molecule has 0 saturated carbocycles. The number of hydrogen-bond donors (Lipinski definition) is 0. The number of benzene rings is 9. The molecule has 0 saturated heterocycles. The van der Waals surface area contributed by atoms with Gasteiger partial charge in [0.05, 0.1) is 11.4 Å². The first-order valence-electron chi connectivity index (χ1n) is 30.2. The molecule has 0 spiro atoms. The lowest BCUT2D eigenvalue weighted by atomic mass is 9.45.